The number of carbonyl (C=O) groups excluding carboxylic acids is 1. The van der Waals surface area contributed by atoms with Crippen LogP contribution < -0.4 is 14.9 Å². The summed E-state index contributed by atoms with van der Waals surface area (Å²) in [6, 6.07) is 19.0. The first-order valence-corrected chi connectivity index (χ1v) is 10.4. The molecule has 1 aromatic heterocycles. The first-order chi connectivity index (χ1) is 17.1. The van der Waals surface area contributed by atoms with Gasteiger partial charge in [-0.3, -0.25) is 14.9 Å². The summed E-state index contributed by atoms with van der Waals surface area (Å²) in [4.78, 5) is 24.7. The third kappa shape index (κ3) is 4.80. The van der Waals surface area contributed by atoms with Gasteiger partial charge in [0, 0.05) is 11.1 Å². The van der Waals surface area contributed by atoms with E-state index in [0.717, 1.165) is 11.1 Å². The number of rotatable bonds is 7. The number of tetrazole rings is 1. The van der Waals surface area contributed by atoms with E-state index in [-0.39, 0.29) is 23.8 Å². The normalized spacial score (nSPS) is 12.1. The second-order valence-corrected chi connectivity index (χ2v) is 7.43. The zero-order valence-corrected chi connectivity index (χ0v) is 18.1. The minimum Gasteiger partial charge on any atom is -0.454 e. The van der Waals surface area contributed by atoms with Crippen molar-refractivity contribution in [1.82, 2.24) is 25.6 Å². The van der Waals surface area contributed by atoms with Gasteiger partial charge in [-0.1, -0.05) is 42.5 Å². The van der Waals surface area contributed by atoms with Crippen molar-refractivity contribution >= 4 is 17.8 Å². The number of hydrazone groups is 1. The predicted molar refractivity (Wildman–Crippen MR) is 123 cm³/mol. The summed E-state index contributed by atoms with van der Waals surface area (Å²) in [7, 11) is 0. The Bertz CT molecular complexity index is 1420. The van der Waals surface area contributed by atoms with Crippen molar-refractivity contribution < 1.29 is 19.2 Å². The van der Waals surface area contributed by atoms with Crippen molar-refractivity contribution in [3.8, 4) is 22.9 Å². The van der Waals surface area contributed by atoms with Crippen molar-refractivity contribution in [3.05, 3.63) is 93.5 Å². The lowest BCUT2D eigenvalue weighted by Gasteiger charge is -2.03. The van der Waals surface area contributed by atoms with Gasteiger partial charge in [-0.05, 0) is 29.0 Å². The summed E-state index contributed by atoms with van der Waals surface area (Å²) in [5.41, 5.74) is 4.43. The molecular formula is C23H17N7O5. The van der Waals surface area contributed by atoms with Gasteiger partial charge in [-0.25, -0.2) is 5.43 Å². The first-order valence-electron chi connectivity index (χ1n) is 10.4. The molecule has 1 aliphatic heterocycles. The molecule has 0 fully saturated rings. The van der Waals surface area contributed by atoms with Gasteiger partial charge in [0.2, 0.25) is 12.6 Å². The number of nitro groups is 1. The van der Waals surface area contributed by atoms with E-state index in [4.69, 9.17) is 9.47 Å². The molecule has 1 amide bonds. The highest BCUT2D eigenvalue weighted by molar-refractivity contribution is 5.95. The Balaban J connectivity index is 1.22. The molecule has 0 radical (unpaired) electrons. The molecule has 5 rings (SSSR count). The Morgan fingerprint density at radius 2 is 1.86 bits per heavy atom. The maximum Gasteiger partial charge on any atom is 0.282 e. The fourth-order valence-electron chi connectivity index (χ4n) is 3.37. The maximum atomic E-state index is 12.4. The highest BCUT2D eigenvalue weighted by Gasteiger charge is 2.22. The van der Waals surface area contributed by atoms with Crippen molar-refractivity contribution in [2.75, 3.05) is 6.79 Å². The summed E-state index contributed by atoms with van der Waals surface area (Å²) in [5.74, 6) is 0.718. The number of ether oxygens (including phenoxy) is 2. The lowest BCUT2D eigenvalue weighted by Crippen LogP contribution is -2.17. The molecule has 0 saturated carbocycles. The molecule has 12 heteroatoms. The van der Waals surface area contributed by atoms with Gasteiger partial charge in [0.15, 0.2) is 11.5 Å². The van der Waals surface area contributed by atoms with Gasteiger partial charge < -0.3 is 9.47 Å². The van der Waals surface area contributed by atoms with Crippen LogP contribution in [-0.2, 0) is 6.54 Å². The van der Waals surface area contributed by atoms with Gasteiger partial charge in [-0.15, -0.1) is 10.2 Å². The van der Waals surface area contributed by atoms with Crippen LogP contribution in [0.1, 0.15) is 21.5 Å². The minimum absolute atomic E-state index is 0.0129. The van der Waals surface area contributed by atoms with E-state index in [0.29, 0.717) is 23.7 Å². The van der Waals surface area contributed by atoms with Crippen LogP contribution in [-0.4, -0.2) is 44.0 Å². The minimum atomic E-state index is -0.559. The highest BCUT2D eigenvalue weighted by atomic mass is 16.7. The van der Waals surface area contributed by atoms with Crippen LogP contribution in [0.25, 0.3) is 11.4 Å². The van der Waals surface area contributed by atoms with Crippen LogP contribution >= 0.6 is 0 Å². The average Bonchev–Trinajstić information content (AvgIpc) is 3.53. The highest BCUT2D eigenvalue weighted by Crippen LogP contribution is 2.37. The molecule has 0 aliphatic carbocycles. The van der Waals surface area contributed by atoms with Crippen molar-refractivity contribution in [1.29, 1.82) is 0 Å². The van der Waals surface area contributed by atoms with Crippen LogP contribution in [0.15, 0.2) is 71.8 Å². The van der Waals surface area contributed by atoms with Crippen LogP contribution in [0, 0.1) is 10.1 Å². The molecule has 12 nitrogen and oxygen atoms in total. The quantitative estimate of drug-likeness (QED) is 0.246. The Kier molecular flexibility index (Phi) is 5.82. The van der Waals surface area contributed by atoms with E-state index < -0.39 is 10.8 Å². The molecule has 0 atom stereocenters. The number of nitro benzene ring substituents is 1. The number of benzene rings is 3. The summed E-state index contributed by atoms with van der Waals surface area (Å²) in [5, 5.41) is 27.7. The molecule has 3 aromatic carbocycles. The van der Waals surface area contributed by atoms with Crippen LogP contribution in [0.2, 0.25) is 0 Å². The molecule has 0 unspecified atom stereocenters. The Morgan fingerprint density at radius 3 is 2.60 bits per heavy atom. The number of hydrogen-bond acceptors (Lipinski definition) is 9. The van der Waals surface area contributed by atoms with Gasteiger partial charge in [0.1, 0.15) is 0 Å². The van der Waals surface area contributed by atoms with Crippen molar-refractivity contribution in [3.63, 3.8) is 0 Å². The van der Waals surface area contributed by atoms with Gasteiger partial charge in [-0.2, -0.15) is 9.90 Å². The van der Waals surface area contributed by atoms with Crippen LogP contribution in [0.3, 0.4) is 0 Å². The van der Waals surface area contributed by atoms with Gasteiger partial charge in [0.05, 0.1) is 29.3 Å². The second kappa shape index (κ2) is 9.39. The molecule has 0 bridgehead atoms. The molecular weight excluding hydrogens is 454 g/mol. The van der Waals surface area contributed by atoms with E-state index in [1.807, 2.05) is 30.3 Å². The van der Waals surface area contributed by atoms with Crippen LogP contribution in [0.5, 0.6) is 11.5 Å². The van der Waals surface area contributed by atoms with Crippen molar-refractivity contribution in [2.24, 2.45) is 5.10 Å². The van der Waals surface area contributed by atoms with Gasteiger partial charge in [0.25, 0.3) is 11.6 Å². The predicted octanol–water partition coefficient (Wildman–Crippen LogP) is 2.79. The lowest BCUT2D eigenvalue weighted by molar-refractivity contribution is -0.385. The molecule has 0 spiro atoms. The summed E-state index contributed by atoms with van der Waals surface area (Å²) in [6.45, 7) is 0.370. The van der Waals surface area contributed by atoms with E-state index in [9.17, 15) is 14.9 Å². The molecule has 0 saturated heterocycles. The SMILES string of the molecule is O=C(NN=Cc1cc2c(cc1[N+](=O)[O-])OCO2)c1ccc(Cn2nnc(-c3ccccc3)n2)cc1. The number of nitrogens with zero attached hydrogens (tertiary/aromatic N) is 6. The number of fused-ring (bicyclic) bond motifs is 1. The smallest absolute Gasteiger partial charge is 0.282 e. The van der Waals surface area contributed by atoms with Crippen LogP contribution in [0.4, 0.5) is 5.69 Å². The standard InChI is InChI=1S/C23H17N7O5/c31-23(26-24-12-18-10-20-21(35-14-34-20)11-19(18)30(32)33)17-8-6-15(7-9-17)13-29-27-22(25-28-29)16-4-2-1-3-5-16/h1-12H,13-14H2,(H,26,31). The first kappa shape index (κ1) is 21.7. The monoisotopic (exact) mass is 471 g/mol. The fourth-order valence-corrected chi connectivity index (χ4v) is 3.37. The Morgan fingerprint density at radius 1 is 1.11 bits per heavy atom. The summed E-state index contributed by atoms with van der Waals surface area (Å²) < 4.78 is 10.4. The molecule has 1 aliphatic rings. The number of carbonyl (C=O) groups is 1. The lowest BCUT2D eigenvalue weighted by atomic mass is 10.1. The maximum absolute atomic E-state index is 12.4. The zero-order chi connectivity index (χ0) is 24.2. The largest absolute Gasteiger partial charge is 0.454 e. The fraction of sp³-hybridized carbons (Fsp3) is 0.0870. The molecule has 174 valence electrons. The van der Waals surface area contributed by atoms with E-state index in [2.05, 4.69) is 25.9 Å². The number of amides is 1. The number of aromatic nitrogens is 4. The summed E-state index contributed by atoms with van der Waals surface area (Å²) in [6.07, 6.45) is 1.19. The zero-order valence-electron chi connectivity index (χ0n) is 18.1. The molecule has 35 heavy (non-hydrogen) atoms. The second-order valence-electron chi connectivity index (χ2n) is 7.43. The summed E-state index contributed by atoms with van der Waals surface area (Å²) >= 11 is 0. The van der Waals surface area contributed by atoms with E-state index in [1.54, 1.807) is 24.3 Å². The van der Waals surface area contributed by atoms with E-state index >= 15 is 0 Å². The number of nitrogens with one attached hydrogen (secondary N) is 1. The topological polar surface area (TPSA) is 147 Å². The number of hydrogen-bond donors (Lipinski definition) is 1. The Labute approximate surface area is 197 Å². The molecule has 1 N–H and O–H groups in total. The van der Waals surface area contributed by atoms with E-state index in [1.165, 1.54) is 23.1 Å². The average molecular weight is 471 g/mol. The van der Waals surface area contributed by atoms with Gasteiger partial charge >= 0.3 is 0 Å². The third-order valence-corrected chi connectivity index (χ3v) is 5.11. The molecule has 2 heterocycles. The third-order valence-electron chi connectivity index (χ3n) is 5.11. The van der Waals surface area contributed by atoms with Crippen molar-refractivity contribution in [2.45, 2.75) is 6.54 Å². The Hall–Kier alpha value is -5.13. The molecule has 4 aromatic rings.